The van der Waals surface area contributed by atoms with E-state index < -0.39 is 5.97 Å². The maximum absolute atomic E-state index is 10.8. The Hall–Kier alpha value is -1.43. The molecule has 104 valence electrons. The second-order valence-corrected chi connectivity index (χ2v) is 5.01. The molecule has 1 saturated heterocycles. The highest BCUT2D eigenvalue weighted by Gasteiger charge is 2.23. The summed E-state index contributed by atoms with van der Waals surface area (Å²) in [7, 11) is 0. The molecule has 2 rings (SSSR count). The van der Waals surface area contributed by atoms with Gasteiger partial charge in [0.15, 0.2) is 0 Å². The normalized spacial score (nSPS) is 22.1. The first-order valence-corrected chi connectivity index (χ1v) is 6.48. The molecule has 2 unspecified atom stereocenters. The van der Waals surface area contributed by atoms with Crippen LogP contribution in [0.25, 0.3) is 0 Å². The minimum atomic E-state index is -0.894. The zero-order valence-corrected chi connectivity index (χ0v) is 11.1. The lowest BCUT2D eigenvalue weighted by atomic mass is 10.1. The molecule has 0 aromatic heterocycles. The van der Waals surface area contributed by atoms with E-state index in [0.717, 1.165) is 25.2 Å². The highest BCUT2D eigenvalue weighted by Crippen LogP contribution is 2.13. The van der Waals surface area contributed by atoms with E-state index in [-0.39, 0.29) is 12.1 Å². The summed E-state index contributed by atoms with van der Waals surface area (Å²) >= 11 is 0. The Morgan fingerprint density at radius 3 is 2.79 bits per heavy atom. The molecule has 1 heterocycles. The van der Waals surface area contributed by atoms with Crippen LogP contribution in [0.2, 0.25) is 0 Å². The van der Waals surface area contributed by atoms with Gasteiger partial charge in [-0.1, -0.05) is 12.1 Å². The van der Waals surface area contributed by atoms with Crippen molar-refractivity contribution in [1.29, 1.82) is 0 Å². The summed E-state index contributed by atoms with van der Waals surface area (Å²) in [5.41, 5.74) is 7.28. The minimum absolute atomic E-state index is 0.0252. The van der Waals surface area contributed by atoms with Crippen LogP contribution in [0.1, 0.15) is 22.8 Å². The minimum Gasteiger partial charge on any atom is -0.478 e. The first kappa shape index (κ1) is 14.0. The SMILES string of the molecule is CC(N)C1CN(Cc2ccc(C(=O)O)cc2)CCO1. The highest BCUT2D eigenvalue weighted by molar-refractivity contribution is 5.87. The second kappa shape index (κ2) is 6.14. The smallest absolute Gasteiger partial charge is 0.335 e. The zero-order valence-electron chi connectivity index (χ0n) is 11.1. The van der Waals surface area contributed by atoms with Crippen LogP contribution < -0.4 is 5.73 Å². The Kier molecular flexibility index (Phi) is 4.52. The fourth-order valence-corrected chi connectivity index (χ4v) is 2.20. The van der Waals surface area contributed by atoms with Gasteiger partial charge < -0.3 is 15.6 Å². The lowest BCUT2D eigenvalue weighted by Crippen LogP contribution is -2.49. The topological polar surface area (TPSA) is 75.8 Å². The summed E-state index contributed by atoms with van der Waals surface area (Å²) in [4.78, 5) is 13.1. The average Bonchev–Trinajstić information content (AvgIpc) is 2.39. The van der Waals surface area contributed by atoms with Crippen LogP contribution in [0, 0.1) is 0 Å². The van der Waals surface area contributed by atoms with Gasteiger partial charge >= 0.3 is 5.97 Å². The maximum Gasteiger partial charge on any atom is 0.335 e. The van der Waals surface area contributed by atoms with Crippen molar-refractivity contribution < 1.29 is 14.6 Å². The van der Waals surface area contributed by atoms with E-state index >= 15 is 0 Å². The van der Waals surface area contributed by atoms with Crippen LogP contribution in [0.4, 0.5) is 0 Å². The molecule has 1 aliphatic rings. The van der Waals surface area contributed by atoms with E-state index in [2.05, 4.69) is 4.90 Å². The summed E-state index contributed by atoms with van der Waals surface area (Å²) in [6.07, 6.45) is 0.0760. The van der Waals surface area contributed by atoms with Crippen molar-refractivity contribution >= 4 is 5.97 Å². The number of ether oxygens (including phenoxy) is 1. The Labute approximate surface area is 113 Å². The van der Waals surface area contributed by atoms with Crippen molar-refractivity contribution in [1.82, 2.24) is 4.90 Å². The maximum atomic E-state index is 10.8. The van der Waals surface area contributed by atoms with Gasteiger partial charge in [-0.15, -0.1) is 0 Å². The van der Waals surface area contributed by atoms with E-state index in [0.29, 0.717) is 12.2 Å². The third-order valence-corrected chi connectivity index (χ3v) is 3.37. The average molecular weight is 264 g/mol. The van der Waals surface area contributed by atoms with E-state index in [9.17, 15) is 4.79 Å². The molecule has 5 heteroatoms. The number of rotatable bonds is 4. The molecule has 0 spiro atoms. The Balaban J connectivity index is 1.95. The second-order valence-electron chi connectivity index (χ2n) is 5.01. The number of carbonyl (C=O) groups is 1. The van der Waals surface area contributed by atoms with Crippen molar-refractivity contribution in [2.24, 2.45) is 5.73 Å². The lowest BCUT2D eigenvalue weighted by Gasteiger charge is -2.34. The van der Waals surface area contributed by atoms with E-state index in [1.807, 2.05) is 19.1 Å². The van der Waals surface area contributed by atoms with Crippen LogP contribution in [0.5, 0.6) is 0 Å². The quantitative estimate of drug-likeness (QED) is 0.846. The monoisotopic (exact) mass is 264 g/mol. The first-order valence-electron chi connectivity index (χ1n) is 6.48. The van der Waals surface area contributed by atoms with Crippen LogP contribution in [-0.2, 0) is 11.3 Å². The Bertz CT molecular complexity index is 431. The molecule has 0 amide bonds. The van der Waals surface area contributed by atoms with Gasteiger partial charge in [0.25, 0.3) is 0 Å². The fourth-order valence-electron chi connectivity index (χ4n) is 2.20. The van der Waals surface area contributed by atoms with E-state index in [1.54, 1.807) is 12.1 Å². The number of carboxylic acid groups (broad SMARTS) is 1. The number of hydrogen-bond acceptors (Lipinski definition) is 4. The molecule has 2 atom stereocenters. The number of nitrogens with zero attached hydrogens (tertiary/aromatic N) is 1. The summed E-state index contributed by atoms with van der Waals surface area (Å²) < 4.78 is 5.61. The standard InChI is InChI=1S/C14H20N2O3/c1-10(15)13-9-16(6-7-19-13)8-11-2-4-12(5-3-11)14(17)18/h2-5,10,13H,6-9,15H2,1H3,(H,17,18). The summed E-state index contributed by atoms with van der Waals surface area (Å²) in [6.45, 7) is 5.14. The summed E-state index contributed by atoms with van der Waals surface area (Å²) in [5.74, 6) is -0.894. The molecule has 0 radical (unpaired) electrons. The largest absolute Gasteiger partial charge is 0.478 e. The molecule has 0 bridgehead atoms. The summed E-state index contributed by atoms with van der Waals surface area (Å²) in [6, 6.07) is 7.03. The van der Waals surface area contributed by atoms with E-state index in [1.165, 1.54) is 0 Å². The number of carboxylic acids is 1. The molecule has 3 N–H and O–H groups in total. The highest BCUT2D eigenvalue weighted by atomic mass is 16.5. The molecule has 1 aromatic rings. The van der Waals surface area contributed by atoms with Crippen LogP contribution in [0.3, 0.4) is 0 Å². The van der Waals surface area contributed by atoms with Crippen LogP contribution in [-0.4, -0.2) is 47.8 Å². The molecule has 1 aromatic carbocycles. The molecule has 1 fully saturated rings. The van der Waals surface area contributed by atoms with Crippen LogP contribution in [0.15, 0.2) is 24.3 Å². The van der Waals surface area contributed by atoms with Gasteiger partial charge in [0.2, 0.25) is 0 Å². The van der Waals surface area contributed by atoms with Gasteiger partial charge in [0.05, 0.1) is 18.3 Å². The molecule has 0 saturated carbocycles. The van der Waals surface area contributed by atoms with Gasteiger partial charge in [-0.3, -0.25) is 4.90 Å². The molecule has 19 heavy (non-hydrogen) atoms. The predicted octanol–water partition coefficient (Wildman–Crippen LogP) is 0.933. The van der Waals surface area contributed by atoms with Gasteiger partial charge in [-0.05, 0) is 24.6 Å². The number of morpholine rings is 1. The van der Waals surface area contributed by atoms with E-state index in [4.69, 9.17) is 15.6 Å². The lowest BCUT2D eigenvalue weighted by molar-refractivity contribution is -0.0403. The fraction of sp³-hybridized carbons (Fsp3) is 0.500. The van der Waals surface area contributed by atoms with Crippen molar-refractivity contribution in [2.75, 3.05) is 19.7 Å². The van der Waals surface area contributed by atoms with Gasteiger partial charge in [0, 0.05) is 25.7 Å². The van der Waals surface area contributed by atoms with Gasteiger partial charge in [-0.25, -0.2) is 4.79 Å². The zero-order chi connectivity index (χ0) is 13.8. The number of nitrogens with two attached hydrogens (primary N) is 1. The third kappa shape index (κ3) is 3.76. The van der Waals surface area contributed by atoms with Crippen LogP contribution >= 0.6 is 0 Å². The first-order chi connectivity index (χ1) is 9.06. The van der Waals surface area contributed by atoms with Crippen molar-refractivity contribution in [2.45, 2.75) is 25.6 Å². The molecule has 0 aliphatic carbocycles. The summed E-state index contributed by atoms with van der Waals surface area (Å²) in [5, 5.41) is 8.85. The Morgan fingerprint density at radius 1 is 1.53 bits per heavy atom. The predicted molar refractivity (Wildman–Crippen MR) is 72.1 cm³/mol. The van der Waals surface area contributed by atoms with Gasteiger partial charge in [0.1, 0.15) is 0 Å². The number of hydrogen-bond donors (Lipinski definition) is 2. The van der Waals surface area contributed by atoms with Crippen molar-refractivity contribution in [3.05, 3.63) is 35.4 Å². The van der Waals surface area contributed by atoms with Gasteiger partial charge in [-0.2, -0.15) is 0 Å². The van der Waals surface area contributed by atoms with Crippen molar-refractivity contribution in [3.8, 4) is 0 Å². The number of aromatic carboxylic acids is 1. The molecule has 1 aliphatic heterocycles. The molecular formula is C14H20N2O3. The third-order valence-electron chi connectivity index (χ3n) is 3.37. The Morgan fingerprint density at radius 2 is 2.21 bits per heavy atom. The number of benzene rings is 1. The molecular weight excluding hydrogens is 244 g/mol. The van der Waals surface area contributed by atoms with Crippen molar-refractivity contribution in [3.63, 3.8) is 0 Å². The molecule has 5 nitrogen and oxygen atoms in total.